The Morgan fingerprint density at radius 2 is 1.92 bits per heavy atom. The third-order valence-electron chi connectivity index (χ3n) is 4.97. The van der Waals surface area contributed by atoms with Gasteiger partial charge in [-0.3, -0.25) is 4.79 Å². The highest BCUT2D eigenvalue weighted by Gasteiger charge is 2.37. The molecule has 0 aliphatic carbocycles. The second kappa shape index (κ2) is 5.52. The van der Waals surface area contributed by atoms with Crippen LogP contribution in [0.1, 0.15) is 29.0 Å². The highest BCUT2D eigenvalue weighted by molar-refractivity contribution is 5.97. The number of aryl methyl sites for hydroxylation is 1. The highest BCUT2D eigenvalue weighted by Crippen LogP contribution is 2.45. The Morgan fingerprint density at radius 1 is 1.08 bits per heavy atom. The fraction of sp³-hybridized carbons (Fsp3) is 0.158. The number of H-pyrrole nitrogens is 1. The van der Waals surface area contributed by atoms with Gasteiger partial charge in [-0.05, 0) is 17.7 Å². The second-order valence-corrected chi connectivity index (χ2v) is 6.48. The minimum absolute atomic E-state index is 0.0735. The lowest BCUT2D eigenvalue weighted by molar-refractivity contribution is 0.582. The molecule has 0 amide bonds. The van der Waals surface area contributed by atoms with E-state index in [1.807, 2.05) is 48.0 Å². The van der Waals surface area contributed by atoms with E-state index in [2.05, 4.69) is 37.8 Å². The van der Waals surface area contributed by atoms with Crippen molar-refractivity contribution in [3.8, 4) is 0 Å². The number of nitrogens with zero attached hydrogens (tertiary/aromatic N) is 4. The van der Waals surface area contributed by atoms with Crippen molar-refractivity contribution in [2.24, 2.45) is 7.05 Å². The number of rotatable bonds is 2. The summed E-state index contributed by atoms with van der Waals surface area (Å²) in [5.41, 5.74) is 2.64. The van der Waals surface area contributed by atoms with Gasteiger partial charge in [-0.2, -0.15) is 5.10 Å². The maximum atomic E-state index is 12.3. The van der Waals surface area contributed by atoms with Gasteiger partial charge in [-0.15, -0.1) is 10.2 Å². The van der Waals surface area contributed by atoms with Crippen molar-refractivity contribution in [3.05, 3.63) is 82.3 Å². The molecule has 7 heteroatoms. The molecule has 26 heavy (non-hydrogen) atoms. The number of hydrogen-bond acceptors (Lipinski definition) is 5. The normalized spacial score (nSPS) is 18.7. The Morgan fingerprint density at radius 3 is 2.69 bits per heavy atom. The number of aromatic nitrogens is 5. The van der Waals surface area contributed by atoms with Crippen LogP contribution in [-0.4, -0.2) is 25.0 Å². The predicted molar refractivity (Wildman–Crippen MR) is 98.0 cm³/mol. The van der Waals surface area contributed by atoms with E-state index < -0.39 is 0 Å². The second-order valence-electron chi connectivity index (χ2n) is 6.48. The molecule has 0 spiro atoms. The van der Waals surface area contributed by atoms with Gasteiger partial charge in [-0.1, -0.05) is 36.4 Å². The molecule has 5 rings (SSSR count). The van der Waals surface area contributed by atoms with Crippen LogP contribution >= 0.6 is 0 Å². The maximum absolute atomic E-state index is 12.3. The van der Waals surface area contributed by atoms with Crippen LogP contribution in [-0.2, 0) is 7.05 Å². The van der Waals surface area contributed by atoms with Gasteiger partial charge in [-0.25, -0.2) is 5.10 Å². The molecule has 4 aromatic rings. The van der Waals surface area contributed by atoms with Crippen molar-refractivity contribution in [1.29, 1.82) is 0 Å². The molecule has 0 radical (unpaired) electrons. The van der Waals surface area contributed by atoms with Crippen LogP contribution in [0.5, 0.6) is 0 Å². The first-order valence-corrected chi connectivity index (χ1v) is 8.40. The summed E-state index contributed by atoms with van der Waals surface area (Å²) < 4.78 is 1.90. The minimum Gasteiger partial charge on any atom is -0.377 e. The number of anilines is 1. The Balaban J connectivity index is 1.83. The molecule has 0 saturated heterocycles. The molecule has 0 saturated carbocycles. The SMILES string of the molecule is Cn1cnnc1C1c2n[nH]c(=O)c3cccc(c23)NC1c1ccccc1. The van der Waals surface area contributed by atoms with E-state index in [0.717, 1.165) is 28.2 Å². The van der Waals surface area contributed by atoms with Gasteiger partial charge in [0.15, 0.2) is 0 Å². The topological polar surface area (TPSA) is 88.5 Å². The third-order valence-corrected chi connectivity index (χ3v) is 4.97. The van der Waals surface area contributed by atoms with Crippen molar-refractivity contribution in [2.45, 2.75) is 12.0 Å². The van der Waals surface area contributed by atoms with Crippen LogP contribution in [0.15, 0.2) is 59.7 Å². The molecular formula is C19H16N6O. The van der Waals surface area contributed by atoms with Gasteiger partial charge < -0.3 is 9.88 Å². The molecule has 1 aliphatic heterocycles. The van der Waals surface area contributed by atoms with Crippen molar-refractivity contribution in [2.75, 3.05) is 5.32 Å². The van der Waals surface area contributed by atoms with Gasteiger partial charge in [0.05, 0.1) is 23.0 Å². The molecule has 2 aromatic heterocycles. The zero-order valence-electron chi connectivity index (χ0n) is 14.0. The van der Waals surface area contributed by atoms with E-state index in [1.165, 1.54) is 0 Å². The number of nitrogens with one attached hydrogen (secondary N) is 2. The average molecular weight is 344 g/mol. The Kier molecular flexibility index (Phi) is 3.15. The van der Waals surface area contributed by atoms with Crippen molar-refractivity contribution in [3.63, 3.8) is 0 Å². The van der Waals surface area contributed by atoms with Crippen LogP contribution in [0.25, 0.3) is 10.8 Å². The smallest absolute Gasteiger partial charge is 0.272 e. The monoisotopic (exact) mass is 344 g/mol. The van der Waals surface area contributed by atoms with Gasteiger partial charge in [0.1, 0.15) is 12.2 Å². The van der Waals surface area contributed by atoms with Crippen LogP contribution in [0, 0.1) is 0 Å². The lowest BCUT2D eigenvalue weighted by Crippen LogP contribution is -2.29. The first-order chi connectivity index (χ1) is 12.7. The summed E-state index contributed by atoms with van der Waals surface area (Å²) >= 11 is 0. The fourth-order valence-corrected chi connectivity index (χ4v) is 3.78. The lowest BCUT2D eigenvalue weighted by Gasteiger charge is -2.33. The molecule has 1 aliphatic rings. The van der Waals surface area contributed by atoms with Crippen molar-refractivity contribution < 1.29 is 0 Å². The Labute approximate surface area is 148 Å². The van der Waals surface area contributed by atoms with Crippen molar-refractivity contribution >= 4 is 16.5 Å². The first kappa shape index (κ1) is 14.8. The van der Waals surface area contributed by atoms with Gasteiger partial charge in [0, 0.05) is 18.1 Å². The van der Waals surface area contributed by atoms with Crippen LogP contribution in [0.3, 0.4) is 0 Å². The van der Waals surface area contributed by atoms with E-state index >= 15 is 0 Å². The number of benzene rings is 2. The van der Waals surface area contributed by atoms with Crippen LogP contribution in [0.4, 0.5) is 5.69 Å². The third kappa shape index (κ3) is 2.07. The summed E-state index contributed by atoms with van der Waals surface area (Å²) in [6.45, 7) is 0. The van der Waals surface area contributed by atoms with Gasteiger partial charge in [0.25, 0.3) is 5.56 Å². The van der Waals surface area contributed by atoms with Crippen LogP contribution in [0.2, 0.25) is 0 Å². The number of hydrogen-bond donors (Lipinski definition) is 2. The zero-order chi connectivity index (χ0) is 17.7. The van der Waals surface area contributed by atoms with E-state index in [0.29, 0.717) is 5.39 Å². The zero-order valence-corrected chi connectivity index (χ0v) is 14.0. The molecule has 2 atom stereocenters. The Hall–Kier alpha value is -3.48. The summed E-state index contributed by atoms with van der Waals surface area (Å²) in [5, 5.41) is 20.5. The molecule has 2 unspecified atom stereocenters. The quantitative estimate of drug-likeness (QED) is 0.583. The Bertz CT molecular complexity index is 1160. The predicted octanol–water partition coefficient (Wildman–Crippen LogP) is 2.35. The minimum atomic E-state index is -0.192. The molecule has 7 nitrogen and oxygen atoms in total. The summed E-state index contributed by atoms with van der Waals surface area (Å²) in [7, 11) is 1.92. The summed E-state index contributed by atoms with van der Waals surface area (Å²) in [6, 6.07) is 15.8. The first-order valence-electron chi connectivity index (χ1n) is 8.40. The largest absolute Gasteiger partial charge is 0.377 e. The molecular weight excluding hydrogens is 328 g/mol. The molecule has 2 aromatic carbocycles. The van der Waals surface area contributed by atoms with Crippen molar-refractivity contribution in [1.82, 2.24) is 25.0 Å². The highest BCUT2D eigenvalue weighted by atomic mass is 16.1. The molecule has 0 bridgehead atoms. The van der Waals surface area contributed by atoms with Gasteiger partial charge in [0.2, 0.25) is 0 Å². The van der Waals surface area contributed by atoms with E-state index in [1.54, 1.807) is 6.33 Å². The molecule has 3 heterocycles. The van der Waals surface area contributed by atoms with E-state index in [4.69, 9.17) is 0 Å². The molecule has 0 fully saturated rings. The van der Waals surface area contributed by atoms with E-state index in [-0.39, 0.29) is 17.5 Å². The molecule has 2 N–H and O–H groups in total. The van der Waals surface area contributed by atoms with E-state index in [9.17, 15) is 4.79 Å². The van der Waals surface area contributed by atoms with Crippen LogP contribution < -0.4 is 10.9 Å². The fourth-order valence-electron chi connectivity index (χ4n) is 3.78. The summed E-state index contributed by atoms with van der Waals surface area (Å²) in [4.78, 5) is 12.3. The molecule has 128 valence electrons. The average Bonchev–Trinajstić information content (AvgIpc) is 3.10. The summed E-state index contributed by atoms with van der Waals surface area (Å²) in [6.07, 6.45) is 1.68. The number of aromatic amines is 1. The standard InChI is InChI=1S/C19H16N6O/c1-25-10-20-23-18(25)15-16(11-6-3-2-4-7-11)21-13-9-5-8-12-14(13)17(15)22-24-19(12)26/h2-10,15-16,21H,1H3,(H,24,26). The maximum Gasteiger partial charge on any atom is 0.272 e. The van der Waals surface area contributed by atoms with Gasteiger partial charge >= 0.3 is 0 Å². The lowest BCUT2D eigenvalue weighted by atomic mass is 9.83. The summed E-state index contributed by atoms with van der Waals surface area (Å²) in [5.74, 6) is 0.612.